The van der Waals surface area contributed by atoms with Gasteiger partial charge in [0.05, 0.1) is 36.1 Å². The maximum Gasteiger partial charge on any atom is 0.273 e. The van der Waals surface area contributed by atoms with Crippen molar-refractivity contribution >= 4 is 21.8 Å². The number of benzene rings is 6. The van der Waals surface area contributed by atoms with Gasteiger partial charge in [0.1, 0.15) is 23.6 Å². The van der Waals surface area contributed by atoms with E-state index in [-0.39, 0.29) is 33.4 Å². The van der Waals surface area contributed by atoms with Crippen molar-refractivity contribution in [2.75, 3.05) is 0 Å². The molecule has 3 heterocycles. The van der Waals surface area contributed by atoms with Gasteiger partial charge in [0, 0.05) is 23.0 Å². The first-order chi connectivity index (χ1) is 30.0. The lowest BCUT2D eigenvalue weighted by atomic mass is 9.88. The number of nitrogens with zero attached hydrogens (tertiary/aromatic N) is 5. The first-order valence-corrected chi connectivity index (χ1v) is 17.0. The van der Waals surface area contributed by atoms with Crippen LogP contribution in [0.5, 0.6) is 11.5 Å². The second kappa shape index (κ2) is 13.1. The molecule has 0 aliphatic carbocycles. The molecule has 256 valence electrons. The Labute approximate surface area is 322 Å². The van der Waals surface area contributed by atoms with Crippen LogP contribution in [-0.2, 0) is 5.41 Å². The van der Waals surface area contributed by atoms with Crippen molar-refractivity contribution in [3.63, 3.8) is 0 Å². The van der Waals surface area contributed by atoms with Crippen LogP contribution in [-0.4, -0.2) is 19.2 Å². The quantitative estimate of drug-likeness (QED) is 0.123. The minimum absolute atomic E-state index is 0.0759. The zero-order chi connectivity index (χ0) is 44.6. The summed E-state index contributed by atoms with van der Waals surface area (Å²) in [5.74, 6) is 1.87. The minimum atomic E-state index is -0.576. The zero-order valence-corrected chi connectivity index (χ0v) is 29.0. The van der Waals surface area contributed by atoms with Gasteiger partial charge in [-0.3, -0.25) is 4.57 Å². The highest BCUT2D eigenvalue weighted by atomic mass is 16.5. The first-order valence-electron chi connectivity index (χ1n) is 22.0. The SMILES string of the molecule is [2H]c1c([2H])c([2H])c(-c2cccc(-c3c([2H])c([2H])c([2H])c([2H])c3[2H])c2-[n+]2[c-]n(-c3cccc(Oc4ccc5c6ccccc6n(-c6cc(C(C)(C)C)ccn6)c5c4)c3)cn2)c([2H])c1[2H]. The molecule has 53 heavy (non-hydrogen) atoms. The van der Waals surface area contributed by atoms with E-state index in [2.05, 4.69) is 55.0 Å². The van der Waals surface area contributed by atoms with E-state index in [9.17, 15) is 0 Å². The van der Waals surface area contributed by atoms with E-state index in [0.29, 0.717) is 17.2 Å². The lowest BCUT2D eigenvalue weighted by Gasteiger charge is -2.20. The fourth-order valence-corrected chi connectivity index (χ4v) is 6.53. The van der Waals surface area contributed by atoms with E-state index >= 15 is 0 Å². The second-order valence-electron chi connectivity index (χ2n) is 13.5. The summed E-state index contributed by atoms with van der Waals surface area (Å²) in [4.78, 5) is 4.79. The Kier molecular flexibility index (Phi) is 5.65. The lowest BCUT2D eigenvalue weighted by Crippen LogP contribution is -2.34. The van der Waals surface area contributed by atoms with Gasteiger partial charge in [-0.25, -0.2) is 4.98 Å². The average Bonchev–Trinajstić information content (AvgIpc) is 3.90. The van der Waals surface area contributed by atoms with Crippen molar-refractivity contribution in [1.82, 2.24) is 19.2 Å². The van der Waals surface area contributed by atoms with Crippen LogP contribution in [0.3, 0.4) is 0 Å². The van der Waals surface area contributed by atoms with Gasteiger partial charge >= 0.3 is 0 Å². The summed E-state index contributed by atoms with van der Waals surface area (Å²) in [6.07, 6.45) is 6.43. The fourth-order valence-electron chi connectivity index (χ4n) is 6.53. The largest absolute Gasteiger partial charge is 0.458 e. The monoisotopic (exact) mass is 697 g/mol. The number of hydrogen-bond acceptors (Lipinski definition) is 3. The van der Waals surface area contributed by atoms with Crippen LogP contribution in [0, 0.1) is 6.33 Å². The molecule has 0 aliphatic rings. The highest BCUT2D eigenvalue weighted by Gasteiger charge is 2.19. The predicted molar refractivity (Wildman–Crippen MR) is 212 cm³/mol. The molecule has 9 rings (SSSR count). The standard InChI is InChI=1S/C47H37N5O/c1-47(2,3)35-26-27-48-45(28-35)52-43-23-11-10-20-41(43)42-25-24-38(30-44(42)52)53-37-19-12-18-36(29-37)50-31-49-51(32-50)46-39(33-14-6-4-7-15-33)21-13-22-40(46)34-16-8-5-9-17-34/h4-31H,1-3H3/i4D,5D,6D,7D,8D,9D,14D,15D,16D,17D. The molecule has 9 aromatic rings. The summed E-state index contributed by atoms with van der Waals surface area (Å²) >= 11 is 0. The van der Waals surface area contributed by atoms with Crippen molar-refractivity contribution < 1.29 is 23.1 Å². The van der Waals surface area contributed by atoms with Crippen LogP contribution >= 0.6 is 0 Å². The van der Waals surface area contributed by atoms with E-state index in [1.807, 2.05) is 54.7 Å². The molecule has 0 radical (unpaired) electrons. The van der Waals surface area contributed by atoms with E-state index in [1.165, 1.54) is 29.2 Å². The fraction of sp³-hybridized carbons (Fsp3) is 0.0851. The molecular formula is C47H37N5O. The molecule has 0 aliphatic heterocycles. The van der Waals surface area contributed by atoms with Gasteiger partial charge in [-0.05, 0) is 75.7 Å². The molecule has 0 amide bonds. The Morgan fingerprint density at radius 2 is 1.36 bits per heavy atom. The number of aromatic nitrogens is 5. The van der Waals surface area contributed by atoms with Gasteiger partial charge < -0.3 is 9.30 Å². The Hall–Kier alpha value is -6.79. The maximum absolute atomic E-state index is 8.81. The molecule has 3 aromatic heterocycles. The third-order valence-corrected chi connectivity index (χ3v) is 9.09. The maximum atomic E-state index is 8.81. The van der Waals surface area contributed by atoms with Crippen LogP contribution < -0.4 is 9.42 Å². The summed E-state index contributed by atoms with van der Waals surface area (Å²) in [5.41, 5.74) is 3.53. The number of rotatable bonds is 7. The summed E-state index contributed by atoms with van der Waals surface area (Å²) in [5, 5.41) is 6.70. The smallest absolute Gasteiger partial charge is 0.273 e. The van der Waals surface area contributed by atoms with Gasteiger partial charge in [-0.2, -0.15) is 4.68 Å². The van der Waals surface area contributed by atoms with Gasteiger partial charge in [-0.15, -0.1) is 5.10 Å². The molecule has 0 N–H and O–H groups in total. The molecule has 0 unspecified atom stereocenters. The van der Waals surface area contributed by atoms with Crippen molar-refractivity contribution in [3.05, 3.63) is 182 Å². The van der Waals surface area contributed by atoms with E-state index in [1.54, 1.807) is 16.7 Å². The number of hydrogen-bond donors (Lipinski definition) is 0. The van der Waals surface area contributed by atoms with Gasteiger partial charge in [0.2, 0.25) is 0 Å². The third kappa shape index (κ3) is 6.04. The summed E-state index contributed by atoms with van der Waals surface area (Å²) in [6, 6.07) is 24.7. The van der Waals surface area contributed by atoms with Crippen molar-refractivity contribution in [2.24, 2.45) is 0 Å². The van der Waals surface area contributed by atoms with Crippen molar-refractivity contribution in [2.45, 2.75) is 26.2 Å². The van der Waals surface area contributed by atoms with Crippen molar-refractivity contribution in [3.8, 4) is 50.9 Å². The van der Waals surface area contributed by atoms with Crippen LogP contribution in [0.4, 0.5) is 0 Å². The average molecular weight is 698 g/mol. The Morgan fingerprint density at radius 3 is 2.09 bits per heavy atom. The predicted octanol–water partition coefficient (Wildman–Crippen LogP) is 10.9. The highest BCUT2D eigenvalue weighted by Crippen LogP contribution is 2.36. The van der Waals surface area contributed by atoms with Crippen LogP contribution in [0.1, 0.15) is 40.0 Å². The van der Waals surface area contributed by atoms with Gasteiger partial charge in [0.25, 0.3) is 6.33 Å². The minimum Gasteiger partial charge on any atom is -0.458 e. The molecule has 0 fully saturated rings. The highest BCUT2D eigenvalue weighted by molar-refractivity contribution is 6.09. The number of pyridine rings is 1. The molecule has 0 bridgehead atoms. The normalized spacial score (nSPS) is 14.3. The van der Waals surface area contributed by atoms with E-state index < -0.39 is 60.4 Å². The Morgan fingerprint density at radius 1 is 0.679 bits per heavy atom. The molecule has 0 spiro atoms. The summed E-state index contributed by atoms with van der Waals surface area (Å²) in [6.45, 7) is 6.51. The topological polar surface area (TPSA) is 48.8 Å². The van der Waals surface area contributed by atoms with E-state index in [0.717, 1.165) is 33.2 Å². The molecular weight excluding hydrogens is 651 g/mol. The Balaban J connectivity index is 1.15. The zero-order valence-electron chi connectivity index (χ0n) is 39.0. The lowest BCUT2D eigenvalue weighted by molar-refractivity contribution is -0.660. The number of ether oxygens (including phenoxy) is 1. The number of fused-ring (bicyclic) bond motifs is 3. The molecule has 0 saturated carbocycles. The van der Waals surface area contributed by atoms with Gasteiger partial charge in [-0.1, -0.05) is 130 Å². The van der Waals surface area contributed by atoms with Crippen LogP contribution in [0.2, 0.25) is 0 Å². The van der Waals surface area contributed by atoms with Crippen molar-refractivity contribution in [1.29, 1.82) is 0 Å². The van der Waals surface area contributed by atoms with Crippen LogP contribution in [0.15, 0.2) is 170 Å². The summed E-state index contributed by atoms with van der Waals surface area (Å²) in [7, 11) is 0. The molecule has 6 aromatic carbocycles. The molecule has 0 atom stereocenters. The third-order valence-electron chi connectivity index (χ3n) is 9.09. The van der Waals surface area contributed by atoms with Gasteiger partial charge in [0.15, 0.2) is 0 Å². The first kappa shape index (κ1) is 22.9. The second-order valence-corrected chi connectivity index (χ2v) is 13.5. The Bertz CT molecular complexity index is 3190. The molecule has 0 saturated heterocycles. The molecule has 6 heteroatoms. The van der Waals surface area contributed by atoms with Crippen LogP contribution in [0.25, 0.3) is 61.3 Å². The van der Waals surface area contributed by atoms with E-state index in [4.69, 9.17) is 23.4 Å². The molecule has 6 nitrogen and oxygen atoms in total. The number of para-hydroxylation sites is 2. The summed E-state index contributed by atoms with van der Waals surface area (Å²) < 4.78 is 96.7.